The van der Waals surface area contributed by atoms with E-state index in [0.717, 1.165) is 11.3 Å². The summed E-state index contributed by atoms with van der Waals surface area (Å²) in [5, 5.41) is 0. The van der Waals surface area contributed by atoms with Gasteiger partial charge in [-0.05, 0) is 26.8 Å². The van der Waals surface area contributed by atoms with Crippen molar-refractivity contribution in [3.63, 3.8) is 0 Å². The van der Waals surface area contributed by atoms with Gasteiger partial charge in [0.1, 0.15) is 11.4 Å². The van der Waals surface area contributed by atoms with Gasteiger partial charge >= 0.3 is 6.09 Å². The minimum absolute atomic E-state index is 0.177. The van der Waals surface area contributed by atoms with Gasteiger partial charge in [0.25, 0.3) is 0 Å². The Bertz CT molecular complexity index is 645. The zero-order valence-corrected chi connectivity index (χ0v) is 15.2. The minimum atomic E-state index is -0.498. The first-order valence-electron chi connectivity index (χ1n) is 8.81. The van der Waals surface area contributed by atoms with Crippen molar-refractivity contribution in [3.8, 4) is 5.75 Å². The van der Waals surface area contributed by atoms with Crippen LogP contribution in [0, 0.1) is 0 Å². The fourth-order valence-electron chi connectivity index (χ4n) is 3.30. The van der Waals surface area contributed by atoms with E-state index in [1.807, 2.05) is 45.0 Å². The van der Waals surface area contributed by atoms with Crippen LogP contribution >= 0.6 is 0 Å². The van der Waals surface area contributed by atoms with Gasteiger partial charge in [0.15, 0.2) is 5.78 Å². The van der Waals surface area contributed by atoms with Crippen molar-refractivity contribution in [2.75, 3.05) is 32.8 Å². The molecule has 0 saturated carbocycles. The number of carbonyl (C=O) groups is 2. The molecule has 1 amide bonds. The number of Topliss-reactive ketones (excluding diaryl/α,β-unsaturated/α-hetero) is 1. The predicted molar refractivity (Wildman–Crippen MR) is 93.7 cm³/mol. The first-order valence-corrected chi connectivity index (χ1v) is 8.81. The molecule has 2 heterocycles. The summed E-state index contributed by atoms with van der Waals surface area (Å²) in [7, 11) is 0. The molecule has 25 heavy (non-hydrogen) atoms. The Hall–Kier alpha value is -2.08. The Morgan fingerprint density at radius 1 is 1.16 bits per heavy atom. The number of piperazine rings is 1. The number of fused-ring (bicyclic) bond motifs is 1. The molecular formula is C19H26N2O4. The topological polar surface area (TPSA) is 59.1 Å². The molecule has 0 spiro atoms. The molecule has 3 rings (SSSR count). The number of benzene rings is 1. The molecule has 1 aromatic carbocycles. The number of para-hydroxylation sites is 1. The first kappa shape index (κ1) is 17.7. The highest BCUT2D eigenvalue weighted by Crippen LogP contribution is 2.34. The zero-order chi connectivity index (χ0) is 18.0. The van der Waals surface area contributed by atoms with Gasteiger partial charge in [-0.1, -0.05) is 18.2 Å². The number of ether oxygens (including phenoxy) is 2. The summed E-state index contributed by atoms with van der Waals surface area (Å²) in [5.74, 6) is 0.962. The molecule has 6 heteroatoms. The van der Waals surface area contributed by atoms with Crippen LogP contribution in [0.15, 0.2) is 24.3 Å². The zero-order valence-electron chi connectivity index (χ0n) is 15.2. The number of carbonyl (C=O) groups excluding carboxylic acids is 2. The Kier molecular flexibility index (Phi) is 4.99. The second-order valence-electron chi connectivity index (χ2n) is 7.51. The number of nitrogens with zero attached hydrogens (tertiary/aromatic N) is 2. The third-order valence-corrected chi connectivity index (χ3v) is 4.46. The summed E-state index contributed by atoms with van der Waals surface area (Å²) in [6.45, 7) is 8.41. The molecule has 0 radical (unpaired) electrons. The number of ketones is 1. The number of hydrogen-bond donors (Lipinski definition) is 0. The van der Waals surface area contributed by atoms with Gasteiger partial charge in [-0.25, -0.2) is 4.79 Å². The van der Waals surface area contributed by atoms with Gasteiger partial charge in [0, 0.05) is 38.2 Å². The second kappa shape index (κ2) is 7.04. The van der Waals surface area contributed by atoms with E-state index in [9.17, 15) is 9.59 Å². The van der Waals surface area contributed by atoms with Gasteiger partial charge in [-0.3, -0.25) is 9.69 Å². The maximum absolute atomic E-state index is 12.7. The van der Waals surface area contributed by atoms with Crippen LogP contribution < -0.4 is 4.74 Å². The van der Waals surface area contributed by atoms with Crippen molar-refractivity contribution in [1.29, 1.82) is 0 Å². The quantitative estimate of drug-likeness (QED) is 0.782. The first-order chi connectivity index (χ1) is 11.8. The molecule has 0 aromatic heterocycles. The van der Waals surface area contributed by atoms with Crippen LogP contribution in [-0.2, 0) is 9.53 Å². The Morgan fingerprint density at radius 2 is 1.84 bits per heavy atom. The highest BCUT2D eigenvalue weighted by Gasteiger charge is 2.35. The summed E-state index contributed by atoms with van der Waals surface area (Å²) in [4.78, 5) is 28.7. The maximum atomic E-state index is 12.7. The van der Waals surface area contributed by atoms with Crippen LogP contribution in [0.4, 0.5) is 4.79 Å². The molecule has 2 aliphatic heterocycles. The molecule has 0 N–H and O–H groups in total. The van der Waals surface area contributed by atoms with E-state index in [2.05, 4.69) is 4.90 Å². The van der Waals surface area contributed by atoms with E-state index in [0.29, 0.717) is 39.2 Å². The second-order valence-corrected chi connectivity index (χ2v) is 7.51. The average Bonchev–Trinajstić information content (AvgIpc) is 2.71. The maximum Gasteiger partial charge on any atom is 0.410 e. The van der Waals surface area contributed by atoms with Gasteiger partial charge in [-0.2, -0.15) is 0 Å². The van der Waals surface area contributed by atoms with Crippen LogP contribution in [0.25, 0.3) is 0 Å². The largest absolute Gasteiger partial charge is 0.493 e. The third-order valence-electron chi connectivity index (χ3n) is 4.46. The Balaban J connectivity index is 1.70. The molecular weight excluding hydrogens is 320 g/mol. The van der Waals surface area contributed by atoms with Gasteiger partial charge in [-0.15, -0.1) is 0 Å². The monoisotopic (exact) mass is 346 g/mol. The SMILES string of the molecule is CC(C)(C)OC(=O)N1CCN(C2C(=O)CCOc3ccccc32)CC1. The van der Waals surface area contributed by atoms with Crippen molar-refractivity contribution in [2.45, 2.75) is 38.8 Å². The van der Waals surface area contributed by atoms with Crippen LogP contribution in [0.5, 0.6) is 5.75 Å². The molecule has 1 saturated heterocycles. The van der Waals surface area contributed by atoms with E-state index in [1.165, 1.54) is 0 Å². The van der Waals surface area contributed by atoms with Crippen molar-refractivity contribution < 1.29 is 19.1 Å². The predicted octanol–water partition coefficient (Wildman–Crippen LogP) is 2.63. The lowest BCUT2D eigenvalue weighted by Gasteiger charge is -2.38. The van der Waals surface area contributed by atoms with E-state index in [-0.39, 0.29) is 17.9 Å². The van der Waals surface area contributed by atoms with Gasteiger partial charge < -0.3 is 14.4 Å². The fraction of sp³-hybridized carbons (Fsp3) is 0.579. The highest BCUT2D eigenvalue weighted by atomic mass is 16.6. The van der Waals surface area contributed by atoms with Crippen LogP contribution in [0.1, 0.15) is 38.8 Å². The fourth-order valence-corrected chi connectivity index (χ4v) is 3.30. The van der Waals surface area contributed by atoms with Crippen LogP contribution in [-0.4, -0.2) is 60.1 Å². The molecule has 1 aromatic rings. The Morgan fingerprint density at radius 3 is 2.52 bits per heavy atom. The molecule has 136 valence electrons. The molecule has 6 nitrogen and oxygen atoms in total. The molecule has 0 aliphatic carbocycles. The molecule has 1 atom stereocenters. The van der Waals surface area contributed by atoms with Crippen molar-refractivity contribution in [3.05, 3.63) is 29.8 Å². The van der Waals surface area contributed by atoms with Gasteiger partial charge in [0.05, 0.1) is 12.6 Å². The molecule has 2 aliphatic rings. The molecule has 1 unspecified atom stereocenters. The normalized spacial score (nSPS) is 22.0. The van der Waals surface area contributed by atoms with E-state index < -0.39 is 5.60 Å². The van der Waals surface area contributed by atoms with Crippen LogP contribution in [0.3, 0.4) is 0 Å². The number of amides is 1. The smallest absolute Gasteiger partial charge is 0.410 e. The summed E-state index contributed by atoms with van der Waals surface area (Å²) < 4.78 is 11.2. The molecule has 1 fully saturated rings. The van der Waals surface area contributed by atoms with Crippen LogP contribution in [0.2, 0.25) is 0 Å². The lowest BCUT2D eigenvalue weighted by molar-refractivity contribution is -0.125. The highest BCUT2D eigenvalue weighted by molar-refractivity contribution is 5.86. The standard InChI is InChI=1S/C19H26N2O4/c1-19(2,3)25-18(23)21-11-9-20(10-12-21)17-14-6-4-5-7-16(14)24-13-8-15(17)22/h4-7,17H,8-13H2,1-3H3. The summed E-state index contributed by atoms with van der Waals surface area (Å²) in [6.07, 6.45) is 0.120. The summed E-state index contributed by atoms with van der Waals surface area (Å²) in [5.41, 5.74) is 0.428. The average molecular weight is 346 g/mol. The van der Waals surface area contributed by atoms with E-state index >= 15 is 0 Å². The summed E-state index contributed by atoms with van der Waals surface area (Å²) >= 11 is 0. The number of rotatable bonds is 1. The number of hydrogen-bond acceptors (Lipinski definition) is 5. The van der Waals surface area contributed by atoms with E-state index in [1.54, 1.807) is 4.90 Å². The van der Waals surface area contributed by atoms with E-state index in [4.69, 9.17) is 9.47 Å². The lowest BCUT2D eigenvalue weighted by Crippen LogP contribution is -2.51. The van der Waals surface area contributed by atoms with Gasteiger partial charge in [0.2, 0.25) is 0 Å². The van der Waals surface area contributed by atoms with Crippen molar-refractivity contribution in [2.24, 2.45) is 0 Å². The lowest BCUT2D eigenvalue weighted by atomic mass is 9.98. The summed E-state index contributed by atoms with van der Waals surface area (Å²) in [6, 6.07) is 7.44. The van der Waals surface area contributed by atoms with Crippen molar-refractivity contribution in [1.82, 2.24) is 9.80 Å². The van der Waals surface area contributed by atoms with Crippen molar-refractivity contribution >= 4 is 11.9 Å². The minimum Gasteiger partial charge on any atom is -0.493 e. The third kappa shape index (κ3) is 4.12. The molecule has 0 bridgehead atoms. The Labute approximate surface area is 148 Å².